The smallest absolute Gasteiger partial charge is 0.194 e. The van der Waals surface area contributed by atoms with Gasteiger partial charge in [0.1, 0.15) is 17.5 Å². The first-order chi connectivity index (χ1) is 9.79. The van der Waals surface area contributed by atoms with Crippen LogP contribution in [0.4, 0.5) is 30.5 Å². The average molecular weight is 296 g/mol. The van der Waals surface area contributed by atoms with E-state index >= 15 is 0 Å². The van der Waals surface area contributed by atoms with E-state index in [-0.39, 0.29) is 17.4 Å². The Hall–Kier alpha value is -2.31. The fourth-order valence-electron chi connectivity index (χ4n) is 1.70. The highest BCUT2D eigenvalue weighted by Gasteiger charge is 2.14. The van der Waals surface area contributed by atoms with E-state index in [4.69, 9.17) is 5.73 Å². The van der Waals surface area contributed by atoms with E-state index in [1.54, 1.807) is 6.92 Å². The molecule has 7 heteroatoms. The third kappa shape index (κ3) is 3.07. The topological polar surface area (TPSA) is 63.8 Å². The molecule has 4 nitrogen and oxygen atoms in total. The standard InChI is InChI=1S/C14H15F3N4/c1-6(2)13-20-12(18)7(3)14(21-13)19-8-4-9(15)11(17)10(16)5-8/h4-6H,1-3H3,(H3,18,19,20,21). The van der Waals surface area contributed by atoms with Gasteiger partial charge in [-0.2, -0.15) is 0 Å². The summed E-state index contributed by atoms with van der Waals surface area (Å²) in [6.45, 7) is 5.47. The maximum absolute atomic E-state index is 13.2. The first-order valence-corrected chi connectivity index (χ1v) is 6.35. The van der Waals surface area contributed by atoms with Crippen molar-refractivity contribution in [2.24, 2.45) is 0 Å². The van der Waals surface area contributed by atoms with Crippen LogP contribution in [0.15, 0.2) is 12.1 Å². The molecule has 0 spiro atoms. The van der Waals surface area contributed by atoms with Crippen LogP contribution in [-0.4, -0.2) is 9.97 Å². The molecule has 2 aromatic rings. The van der Waals surface area contributed by atoms with Gasteiger partial charge in [-0.15, -0.1) is 0 Å². The molecule has 0 aliphatic rings. The quantitative estimate of drug-likeness (QED) is 0.849. The van der Waals surface area contributed by atoms with Crippen LogP contribution in [0.1, 0.15) is 31.2 Å². The van der Waals surface area contributed by atoms with Crippen LogP contribution >= 0.6 is 0 Å². The van der Waals surface area contributed by atoms with Crippen LogP contribution in [0.5, 0.6) is 0 Å². The number of nitrogens with two attached hydrogens (primary N) is 1. The predicted molar refractivity (Wildman–Crippen MR) is 74.9 cm³/mol. The molecule has 1 aromatic carbocycles. The average Bonchev–Trinajstić information content (AvgIpc) is 2.40. The van der Waals surface area contributed by atoms with Gasteiger partial charge in [-0.3, -0.25) is 0 Å². The summed E-state index contributed by atoms with van der Waals surface area (Å²) in [5.74, 6) is -2.92. The van der Waals surface area contributed by atoms with Crippen molar-refractivity contribution in [3.05, 3.63) is 41.0 Å². The first kappa shape index (κ1) is 15.1. The Morgan fingerprint density at radius 3 is 2.19 bits per heavy atom. The van der Waals surface area contributed by atoms with Crippen molar-refractivity contribution >= 4 is 17.3 Å². The number of nitrogen functional groups attached to an aromatic ring is 1. The number of rotatable bonds is 3. The van der Waals surface area contributed by atoms with Gasteiger partial charge < -0.3 is 11.1 Å². The Kier molecular flexibility index (Phi) is 4.02. The lowest BCUT2D eigenvalue weighted by Crippen LogP contribution is -2.08. The Morgan fingerprint density at radius 1 is 1.10 bits per heavy atom. The molecule has 0 atom stereocenters. The lowest BCUT2D eigenvalue weighted by Gasteiger charge is -2.13. The summed E-state index contributed by atoms with van der Waals surface area (Å²) in [7, 11) is 0. The second-order valence-electron chi connectivity index (χ2n) is 4.97. The van der Waals surface area contributed by atoms with Crippen LogP contribution in [0.3, 0.4) is 0 Å². The fraction of sp³-hybridized carbons (Fsp3) is 0.286. The van der Waals surface area contributed by atoms with E-state index in [1.165, 1.54) is 0 Å². The first-order valence-electron chi connectivity index (χ1n) is 6.35. The summed E-state index contributed by atoms with van der Waals surface area (Å²) in [5, 5.41) is 2.74. The Labute approximate surface area is 120 Å². The summed E-state index contributed by atoms with van der Waals surface area (Å²) in [5.41, 5.74) is 6.39. The SMILES string of the molecule is Cc1c(N)nc(C(C)C)nc1Nc1cc(F)c(F)c(F)c1. The minimum absolute atomic E-state index is 0.0372. The molecule has 0 bridgehead atoms. The zero-order chi connectivity index (χ0) is 15.7. The van der Waals surface area contributed by atoms with Crippen molar-refractivity contribution in [2.75, 3.05) is 11.1 Å². The molecule has 1 heterocycles. The second-order valence-corrected chi connectivity index (χ2v) is 4.97. The third-order valence-corrected chi connectivity index (χ3v) is 2.96. The number of benzene rings is 1. The van der Waals surface area contributed by atoms with Crippen LogP contribution in [0, 0.1) is 24.4 Å². The lowest BCUT2D eigenvalue weighted by molar-refractivity contribution is 0.448. The Bertz CT molecular complexity index is 663. The zero-order valence-corrected chi connectivity index (χ0v) is 11.8. The summed E-state index contributed by atoms with van der Waals surface area (Å²) < 4.78 is 39.4. The van der Waals surface area contributed by atoms with Gasteiger partial charge in [0, 0.05) is 29.3 Å². The number of nitrogens with zero attached hydrogens (tertiary/aromatic N) is 2. The fourth-order valence-corrected chi connectivity index (χ4v) is 1.70. The van der Waals surface area contributed by atoms with Gasteiger partial charge in [-0.05, 0) is 6.92 Å². The molecule has 0 aliphatic heterocycles. The Morgan fingerprint density at radius 2 is 1.67 bits per heavy atom. The van der Waals surface area contributed by atoms with Crippen molar-refractivity contribution < 1.29 is 13.2 Å². The van der Waals surface area contributed by atoms with Gasteiger partial charge in [-0.25, -0.2) is 23.1 Å². The second kappa shape index (κ2) is 5.59. The Balaban J connectivity index is 2.44. The van der Waals surface area contributed by atoms with Crippen molar-refractivity contribution in [3.63, 3.8) is 0 Å². The molecule has 2 rings (SSSR count). The van der Waals surface area contributed by atoms with Gasteiger partial charge >= 0.3 is 0 Å². The molecule has 0 aliphatic carbocycles. The molecule has 0 unspecified atom stereocenters. The van der Waals surface area contributed by atoms with Crippen molar-refractivity contribution in [1.82, 2.24) is 9.97 Å². The highest BCUT2D eigenvalue weighted by Crippen LogP contribution is 2.26. The van der Waals surface area contributed by atoms with Gasteiger partial charge in [0.2, 0.25) is 0 Å². The molecule has 0 amide bonds. The van der Waals surface area contributed by atoms with E-state index in [2.05, 4.69) is 15.3 Å². The molecule has 0 fully saturated rings. The summed E-state index contributed by atoms with van der Waals surface area (Å²) in [6, 6.07) is 1.70. The number of nitrogens with one attached hydrogen (secondary N) is 1. The molecule has 3 N–H and O–H groups in total. The highest BCUT2D eigenvalue weighted by molar-refractivity contribution is 5.63. The lowest BCUT2D eigenvalue weighted by atomic mass is 10.2. The molecular weight excluding hydrogens is 281 g/mol. The summed E-state index contributed by atoms with van der Waals surface area (Å²) in [4.78, 5) is 8.41. The van der Waals surface area contributed by atoms with E-state index in [9.17, 15) is 13.2 Å². The summed E-state index contributed by atoms with van der Waals surface area (Å²) in [6.07, 6.45) is 0. The van der Waals surface area contributed by atoms with Crippen LogP contribution in [0.25, 0.3) is 0 Å². The van der Waals surface area contributed by atoms with Gasteiger partial charge in [-0.1, -0.05) is 13.8 Å². The molecule has 112 valence electrons. The maximum Gasteiger partial charge on any atom is 0.194 e. The van der Waals surface area contributed by atoms with Crippen LogP contribution in [-0.2, 0) is 0 Å². The van der Waals surface area contributed by atoms with Gasteiger partial charge in [0.25, 0.3) is 0 Å². The normalized spacial score (nSPS) is 11.0. The summed E-state index contributed by atoms with van der Waals surface area (Å²) >= 11 is 0. The van der Waals surface area contributed by atoms with Crippen LogP contribution < -0.4 is 11.1 Å². The van der Waals surface area contributed by atoms with Crippen LogP contribution in [0.2, 0.25) is 0 Å². The predicted octanol–water partition coefficient (Wildman–Crippen LogP) is 3.65. The van der Waals surface area contributed by atoms with Crippen molar-refractivity contribution in [2.45, 2.75) is 26.7 Å². The van der Waals surface area contributed by atoms with Crippen molar-refractivity contribution in [1.29, 1.82) is 0 Å². The molecule has 0 saturated carbocycles. The van der Waals surface area contributed by atoms with E-state index < -0.39 is 17.5 Å². The molecule has 21 heavy (non-hydrogen) atoms. The number of halogens is 3. The van der Waals surface area contributed by atoms with E-state index in [1.807, 2.05) is 13.8 Å². The number of hydrogen-bond donors (Lipinski definition) is 2. The minimum Gasteiger partial charge on any atom is -0.383 e. The minimum atomic E-state index is -1.51. The van der Waals surface area contributed by atoms with Gasteiger partial charge in [0.15, 0.2) is 17.5 Å². The molecule has 0 radical (unpaired) electrons. The molecular formula is C14H15F3N4. The molecule has 1 aromatic heterocycles. The monoisotopic (exact) mass is 296 g/mol. The third-order valence-electron chi connectivity index (χ3n) is 2.96. The zero-order valence-electron chi connectivity index (χ0n) is 11.8. The van der Waals surface area contributed by atoms with Gasteiger partial charge in [0.05, 0.1) is 0 Å². The maximum atomic E-state index is 13.2. The molecule has 0 saturated heterocycles. The largest absolute Gasteiger partial charge is 0.383 e. The van der Waals surface area contributed by atoms with Crippen molar-refractivity contribution in [3.8, 4) is 0 Å². The highest BCUT2D eigenvalue weighted by atomic mass is 19.2. The number of aromatic nitrogens is 2. The number of anilines is 3. The number of hydrogen-bond acceptors (Lipinski definition) is 4. The van der Waals surface area contributed by atoms with E-state index in [0.717, 1.165) is 12.1 Å². The van der Waals surface area contributed by atoms with E-state index in [0.29, 0.717) is 17.2 Å².